The summed E-state index contributed by atoms with van der Waals surface area (Å²) in [7, 11) is 1.60. The molecule has 1 unspecified atom stereocenters. The Kier molecular flexibility index (Phi) is 12.0. The van der Waals surface area contributed by atoms with Crippen molar-refractivity contribution in [2.45, 2.75) is 18.9 Å². The molecular weight excluding hydrogens is 334 g/mol. The van der Waals surface area contributed by atoms with Crippen LogP contribution in [0, 0.1) is 0 Å². The summed E-state index contributed by atoms with van der Waals surface area (Å²) >= 11 is 1.69. The van der Waals surface area contributed by atoms with Crippen molar-refractivity contribution in [3.8, 4) is 5.75 Å². The van der Waals surface area contributed by atoms with Crippen LogP contribution in [0.5, 0.6) is 5.75 Å². The van der Waals surface area contributed by atoms with Crippen LogP contribution in [0.3, 0.4) is 0 Å². The summed E-state index contributed by atoms with van der Waals surface area (Å²) in [5.74, 6) is 2.98. The molecule has 0 aliphatic rings. The van der Waals surface area contributed by atoms with E-state index in [0.717, 1.165) is 24.3 Å². The van der Waals surface area contributed by atoms with Crippen molar-refractivity contribution >= 4 is 23.9 Å². The minimum Gasteiger partial charge on any atom is -0.493 e. The van der Waals surface area contributed by atoms with Crippen molar-refractivity contribution in [3.05, 3.63) is 55.1 Å². The molecule has 136 valence electrons. The van der Waals surface area contributed by atoms with Gasteiger partial charge in [-0.3, -0.25) is 0 Å². The van der Waals surface area contributed by atoms with Crippen LogP contribution in [0.1, 0.15) is 12.8 Å². The molecule has 0 aromatic heterocycles. The molecule has 6 heteroatoms. The standard InChI is InChI=1S/C19H27N3O2S/c1-3-17(20)10-6-5-9-13-21-22-19(23-2)16-25-15-14-24-18-11-7-4-8-12-18/h3-5,7-9,11-13,17H,1,6,10,14-16,20H2,2H3/b9-5+,21-13+,22-19-. The number of ether oxygens (including phenoxy) is 2. The molecular formula is C19H27N3O2S. The van der Waals surface area contributed by atoms with Gasteiger partial charge >= 0.3 is 0 Å². The van der Waals surface area contributed by atoms with Crippen LogP contribution in [0.4, 0.5) is 0 Å². The van der Waals surface area contributed by atoms with E-state index in [0.29, 0.717) is 18.3 Å². The largest absolute Gasteiger partial charge is 0.493 e. The number of hydrogen-bond donors (Lipinski definition) is 1. The van der Waals surface area contributed by atoms with Gasteiger partial charge < -0.3 is 15.2 Å². The summed E-state index contributed by atoms with van der Waals surface area (Å²) in [6.45, 7) is 4.30. The predicted molar refractivity (Wildman–Crippen MR) is 109 cm³/mol. The number of nitrogens with two attached hydrogens (primary N) is 1. The second kappa shape index (κ2) is 14.3. The first-order valence-electron chi connectivity index (χ1n) is 8.19. The number of rotatable bonds is 12. The normalized spacial score (nSPS) is 13.3. The van der Waals surface area contributed by atoms with Crippen molar-refractivity contribution in [3.63, 3.8) is 0 Å². The number of thioether (sulfide) groups is 1. The highest BCUT2D eigenvalue weighted by molar-refractivity contribution is 7.99. The van der Waals surface area contributed by atoms with Gasteiger partial charge in [0.2, 0.25) is 5.90 Å². The molecule has 25 heavy (non-hydrogen) atoms. The van der Waals surface area contributed by atoms with Crippen molar-refractivity contribution in [1.82, 2.24) is 0 Å². The molecule has 5 nitrogen and oxygen atoms in total. The molecule has 0 amide bonds. The molecule has 0 spiro atoms. The van der Waals surface area contributed by atoms with Gasteiger partial charge in [0.1, 0.15) is 5.75 Å². The van der Waals surface area contributed by atoms with Gasteiger partial charge in [-0.25, -0.2) is 0 Å². The molecule has 1 aromatic carbocycles. The van der Waals surface area contributed by atoms with Crippen LogP contribution in [0.15, 0.2) is 65.3 Å². The van der Waals surface area contributed by atoms with E-state index >= 15 is 0 Å². The second-order valence-electron chi connectivity index (χ2n) is 5.08. The van der Waals surface area contributed by atoms with Crippen LogP contribution in [0.25, 0.3) is 0 Å². The third kappa shape index (κ3) is 11.2. The molecule has 0 heterocycles. The first kappa shape index (κ1) is 21.0. The van der Waals surface area contributed by atoms with Gasteiger partial charge in [0.05, 0.1) is 19.5 Å². The van der Waals surface area contributed by atoms with Crippen LogP contribution < -0.4 is 10.5 Å². The van der Waals surface area contributed by atoms with Gasteiger partial charge in [0.15, 0.2) is 0 Å². The van der Waals surface area contributed by atoms with Gasteiger partial charge in [-0.05, 0) is 31.1 Å². The van der Waals surface area contributed by atoms with Crippen LogP contribution in [-0.4, -0.2) is 43.4 Å². The minimum atomic E-state index is 0.0441. The van der Waals surface area contributed by atoms with Gasteiger partial charge in [0, 0.05) is 18.0 Å². The quantitative estimate of drug-likeness (QED) is 0.203. The molecule has 0 saturated heterocycles. The highest BCUT2D eigenvalue weighted by atomic mass is 32.2. The predicted octanol–water partition coefficient (Wildman–Crippen LogP) is 3.68. The number of nitrogens with zero attached hydrogens (tertiary/aromatic N) is 2. The lowest BCUT2D eigenvalue weighted by Crippen LogP contribution is -2.15. The van der Waals surface area contributed by atoms with E-state index in [4.69, 9.17) is 15.2 Å². The van der Waals surface area contributed by atoms with Crippen LogP contribution >= 0.6 is 11.8 Å². The van der Waals surface area contributed by atoms with E-state index in [1.54, 1.807) is 31.2 Å². The lowest BCUT2D eigenvalue weighted by Gasteiger charge is -2.06. The average molecular weight is 362 g/mol. The SMILES string of the molecule is C=CC(N)CC/C=C/C=N/N=C(/CSCCOc1ccccc1)OC. The Morgan fingerprint density at radius 3 is 2.88 bits per heavy atom. The third-order valence-corrected chi connectivity index (χ3v) is 4.03. The van der Waals surface area contributed by atoms with Crippen molar-refractivity contribution in [1.29, 1.82) is 0 Å². The highest BCUT2D eigenvalue weighted by Crippen LogP contribution is 2.09. The number of benzene rings is 1. The summed E-state index contributed by atoms with van der Waals surface area (Å²) in [5.41, 5.74) is 5.74. The van der Waals surface area contributed by atoms with Crippen LogP contribution in [0.2, 0.25) is 0 Å². The molecule has 1 atom stereocenters. The Hall–Kier alpha value is -2.05. The first-order valence-corrected chi connectivity index (χ1v) is 9.34. The van der Waals surface area contributed by atoms with Gasteiger partial charge in [-0.1, -0.05) is 30.4 Å². The number of methoxy groups -OCH3 is 1. The van der Waals surface area contributed by atoms with Crippen molar-refractivity contribution in [2.75, 3.05) is 25.2 Å². The monoisotopic (exact) mass is 361 g/mol. The number of allylic oxidation sites excluding steroid dienone is 2. The van der Waals surface area contributed by atoms with Gasteiger partial charge in [0.25, 0.3) is 0 Å². The Morgan fingerprint density at radius 1 is 1.36 bits per heavy atom. The fraction of sp³-hybridized carbons (Fsp3) is 0.368. The van der Waals surface area contributed by atoms with E-state index < -0.39 is 0 Å². The number of para-hydroxylation sites is 1. The fourth-order valence-electron chi connectivity index (χ4n) is 1.72. The summed E-state index contributed by atoms with van der Waals surface area (Å²) < 4.78 is 10.8. The third-order valence-electron chi connectivity index (χ3n) is 3.13. The zero-order chi connectivity index (χ0) is 18.2. The average Bonchev–Trinajstić information content (AvgIpc) is 2.65. The lowest BCUT2D eigenvalue weighted by molar-refractivity contribution is 0.344. The van der Waals surface area contributed by atoms with E-state index in [-0.39, 0.29) is 6.04 Å². The van der Waals surface area contributed by atoms with E-state index in [1.165, 1.54) is 0 Å². The van der Waals surface area contributed by atoms with Crippen molar-refractivity contribution in [2.24, 2.45) is 15.9 Å². The Bertz CT molecular complexity index is 559. The maximum atomic E-state index is 5.74. The maximum Gasteiger partial charge on any atom is 0.218 e. The van der Waals surface area contributed by atoms with Gasteiger partial charge in [-0.2, -0.15) is 5.10 Å². The molecule has 0 saturated carbocycles. The highest BCUT2D eigenvalue weighted by Gasteiger charge is 1.99. The van der Waals surface area contributed by atoms with Crippen LogP contribution in [-0.2, 0) is 4.74 Å². The Labute approximate surface area is 154 Å². The summed E-state index contributed by atoms with van der Waals surface area (Å²) in [4.78, 5) is 0. The lowest BCUT2D eigenvalue weighted by atomic mass is 10.1. The summed E-state index contributed by atoms with van der Waals surface area (Å²) in [6.07, 6.45) is 9.01. The summed E-state index contributed by atoms with van der Waals surface area (Å²) in [5, 5.41) is 8.04. The summed E-state index contributed by atoms with van der Waals surface area (Å²) in [6, 6.07) is 9.81. The zero-order valence-electron chi connectivity index (χ0n) is 14.7. The molecule has 0 aliphatic heterocycles. The molecule has 0 radical (unpaired) electrons. The fourth-order valence-corrected chi connectivity index (χ4v) is 2.42. The molecule has 1 aromatic rings. The molecule has 1 rings (SSSR count). The van der Waals surface area contributed by atoms with E-state index in [1.807, 2.05) is 42.5 Å². The van der Waals surface area contributed by atoms with E-state index in [9.17, 15) is 0 Å². The van der Waals surface area contributed by atoms with Crippen molar-refractivity contribution < 1.29 is 9.47 Å². The molecule has 0 fully saturated rings. The Balaban J connectivity index is 2.17. The molecule has 2 N–H and O–H groups in total. The topological polar surface area (TPSA) is 69.2 Å². The Morgan fingerprint density at radius 2 is 2.16 bits per heavy atom. The van der Waals surface area contributed by atoms with Gasteiger partial charge in [-0.15, -0.1) is 23.4 Å². The second-order valence-corrected chi connectivity index (χ2v) is 6.19. The first-order chi connectivity index (χ1) is 12.3. The number of hydrogen-bond acceptors (Lipinski definition) is 6. The molecule has 0 aliphatic carbocycles. The maximum absolute atomic E-state index is 5.74. The smallest absolute Gasteiger partial charge is 0.218 e. The zero-order valence-corrected chi connectivity index (χ0v) is 15.5. The van der Waals surface area contributed by atoms with E-state index in [2.05, 4.69) is 16.8 Å². The molecule has 0 bridgehead atoms. The minimum absolute atomic E-state index is 0.0441.